The zero-order valence-electron chi connectivity index (χ0n) is 12.3. The first-order chi connectivity index (χ1) is 10.3. The summed E-state index contributed by atoms with van der Waals surface area (Å²) in [5.41, 5.74) is 5.16. The van der Waals surface area contributed by atoms with Crippen molar-refractivity contribution >= 4 is 21.8 Å². The molecule has 0 amide bonds. The molecule has 3 aromatic rings. The summed E-state index contributed by atoms with van der Waals surface area (Å²) >= 11 is 0. The van der Waals surface area contributed by atoms with Crippen LogP contribution in [0.1, 0.15) is 18.5 Å². The van der Waals surface area contributed by atoms with Gasteiger partial charge in [0.25, 0.3) is 0 Å². The van der Waals surface area contributed by atoms with Gasteiger partial charge in [-0.3, -0.25) is 0 Å². The van der Waals surface area contributed by atoms with E-state index in [0.717, 1.165) is 6.54 Å². The molecule has 104 valence electrons. The van der Waals surface area contributed by atoms with E-state index in [4.69, 9.17) is 0 Å². The number of allylic oxidation sites excluding steroid dienone is 4. The third-order valence-electron chi connectivity index (χ3n) is 4.38. The average Bonchev–Trinajstić information content (AvgIpc) is 2.91. The molecular formula is C19H19N2+. The van der Waals surface area contributed by atoms with Crippen molar-refractivity contribution in [2.24, 2.45) is 0 Å². The topological polar surface area (TPSA) is 19.7 Å². The largest absolute Gasteiger partial charge is 0.349 e. The van der Waals surface area contributed by atoms with Gasteiger partial charge in [0.2, 0.25) is 5.69 Å². The Morgan fingerprint density at radius 2 is 2.00 bits per heavy atom. The molecule has 0 unspecified atom stereocenters. The number of aryl methyl sites for hydroxylation is 1. The van der Waals surface area contributed by atoms with Gasteiger partial charge >= 0.3 is 0 Å². The summed E-state index contributed by atoms with van der Waals surface area (Å²) in [4.78, 5) is 3.57. The van der Waals surface area contributed by atoms with Gasteiger partial charge in [-0.1, -0.05) is 36.4 Å². The molecule has 2 heteroatoms. The molecule has 2 heterocycles. The Hall–Kier alpha value is -2.35. The van der Waals surface area contributed by atoms with Gasteiger partial charge in [-0.2, -0.15) is 4.57 Å². The van der Waals surface area contributed by atoms with Gasteiger partial charge in [-0.25, -0.2) is 0 Å². The SMILES string of the molecule is Cc1c2[nH]c3ccccc3c2cc[n+]1CC1=CCCC=C1. The van der Waals surface area contributed by atoms with Gasteiger partial charge in [0.15, 0.2) is 12.7 Å². The smallest absolute Gasteiger partial charge is 0.202 e. The highest BCUT2D eigenvalue weighted by atomic mass is 15.0. The molecule has 1 aliphatic carbocycles. The van der Waals surface area contributed by atoms with Crippen LogP contribution >= 0.6 is 0 Å². The number of para-hydroxylation sites is 1. The Morgan fingerprint density at radius 1 is 1.10 bits per heavy atom. The predicted octanol–water partition coefficient (Wildman–Crippen LogP) is 4.19. The lowest BCUT2D eigenvalue weighted by Gasteiger charge is -2.06. The lowest BCUT2D eigenvalue weighted by atomic mass is 10.1. The Kier molecular flexibility index (Phi) is 2.88. The number of aromatic amines is 1. The number of H-pyrrole nitrogens is 1. The van der Waals surface area contributed by atoms with Crippen LogP contribution < -0.4 is 4.57 Å². The minimum Gasteiger partial charge on any atom is -0.349 e. The summed E-state index contributed by atoms with van der Waals surface area (Å²) in [5.74, 6) is 0. The number of rotatable bonds is 2. The predicted molar refractivity (Wildman–Crippen MR) is 87.2 cm³/mol. The Balaban J connectivity index is 1.84. The summed E-state index contributed by atoms with van der Waals surface area (Å²) in [6, 6.07) is 10.7. The number of pyridine rings is 1. The second-order valence-corrected chi connectivity index (χ2v) is 5.75. The lowest BCUT2D eigenvalue weighted by Crippen LogP contribution is -2.37. The van der Waals surface area contributed by atoms with Crippen LogP contribution in [0.2, 0.25) is 0 Å². The molecule has 2 nitrogen and oxygen atoms in total. The molecule has 0 fully saturated rings. The second kappa shape index (κ2) is 4.88. The van der Waals surface area contributed by atoms with Crippen molar-refractivity contribution in [1.82, 2.24) is 4.98 Å². The number of hydrogen-bond donors (Lipinski definition) is 1. The van der Waals surface area contributed by atoms with Gasteiger partial charge in [-0.15, -0.1) is 0 Å². The molecule has 1 aliphatic rings. The van der Waals surface area contributed by atoms with Crippen LogP contribution in [0, 0.1) is 6.92 Å². The quantitative estimate of drug-likeness (QED) is 0.677. The maximum atomic E-state index is 3.57. The van der Waals surface area contributed by atoms with Crippen LogP contribution in [0.25, 0.3) is 21.8 Å². The molecule has 0 saturated carbocycles. The minimum atomic E-state index is 0.952. The highest BCUT2D eigenvalue weighted by Gasteiger charge is 2.15. The highest BCUT2D eigenvalue weighted by molar-refractivity contribution is 6.07. The molecule has 2 aromatic heterocycles. The van der Waals surface area contributed by atoms with Crippen molar-refractivity contribution < 1.29 is 4.57 Å². The number of fused-ring (bicyclic) bond motifs is 3. The van der Waals surface area contributed by atoms with Crippen LogP contribution in [0.15, 0.2) is 60.3 Å². The van der Waals surface area contributed by atoms with E-state index in [0.29, 0.717) is 0 Å². The monoisotopic (exact) mass is 275 g/mol. The number of nitrogens with zero attached hydrogens (tertiary/aromatic N) is 1. The van der Waals surface area contributed by atoms with Crippen LogP contribution in [0.3, 0.4) is 0 Å². The van der Waals surface area contributed by atoms with Crippen molar-refractivity contribution in [2.75, 3.05) is 0 Å². The van der Waals surface area contributed by atoms with Crippen molar-refractivity contribution in [1.29, 1.82) is 0 Å². The standard InChI is InChI=1S/C19H18N2/c1-14-19-17(16-9-5-6-10-18(16)20-19)11-12-21(14)13-15-7-3-2-4-8-15/h3,5-12H,2,4,13H2,1H3/p+1. The first-order valence-corrected chi connectivity index (χ1v) is 7.58. The second-order valence-electron chi connectivity index (χ2n) is 5.75. The Morgan fingerprint density at radius 3 is 2.86 bits per heavy atom. The maximum absolute atomic E-state index is 3.57. The number of hydrogen-bond acceptors (Lipinski definition) is 0. The van der Waals surface area contributed by atoms with Crippen molar-refractivity contribution in [2.45, 2.75) is 26.3 Å². The minimum absolute atomic E-state index is 0.952. The molecular weight excluding hydrogens is 256 g/mol. The fraction of sp³-hybridized carbons (Fsp3) is 0.211. The molecule has 4 rings (SSSR count). The molecule has 21 heavy (non-hydrogen) atoms. The van der Waals surface area contributed by atoms with Gasteiger partial charge in [0, 0.05) is 34.9 Å². The third-order valence-corrected chi connectivity index (χ3v) is 4.38. The van der Waals surface area contributed by atoms with Gasteiger partial charge in [0.05, 0.1) is 0 Å². The molecule has 0 spiro atoms. The maximum Gasteiger partial charge on any atom is 0.202 e. The summed E-state index contributed by atoms with van der Waals surface area (Å²) < 4.78 is 2.33. The Bertz CT molecular complexity index is 881. The molecule has 0 radical (unpaired) electrons. The van der Waals surface area contributed by atoms with Crippen molar-refractivity contribution in [3.8, 4) is 0 Å². The third kappa shape index (κ3) is 2.07. The number of benzene rings is 1. The van der Waals surface area contributed by atoms with E-state index in [2.05, 4.69) is 71.2 Å². The van der Waals surface area contributed by atoms with E-state index < -0.39 is 0 Å². The van der Waals surface area contributed by atoms with Crippen molar-refractivity contribution in [3.05, 3.63) is 66.0 Å². The van der Waals surface area contributed by atoms with E-state index in [9.17, 15) is 0 Å². The first-order valence-electron chi connectivity index (χ1n) is 7.58. The summed E-state index contributed by atoms with van der Waals surface area (Å²) in [6.45, 7) is 3.15. The summed E-state index contributed by atoms with van der Waals surface area (Å²) in [6.07, 6.45) is 11.4. The van der Waals surface area contributed by atoms with E-state index in [-0.39, 0.29) is 0 Å². The van der Waals surface area contributed by atoms with E-state index >= 15 is 0 Å². The lowest BCUT2D eigenvalue weighted by molar-refractivity contribution is -0.693. The normalized spacial score (nSPS) is 14.8. The highest BCUT2D eigenvalue weighted by Crippen LogP contribution is 2.25. The molecule has 1 N–H and O–H groups in total. The van der Waals surface area contributed by atoms with Gasteiger partial charge in [-0.05, 0) is 18.9 Å². The fourth-order valence-electron chi connectivity index (χ4n) is 3.19. The molecule has 0 bridgehead atoms. The van der Waals surface area contributed by atoms with E-state index in [1.807, 2.05) is 0 Å². The van der Waals surface area contributed by atoms with Crippen LogP contribution in [-0.4, -0.2) is 4.98 Å². The van der Waals surface area contributed by atoms with Crippen LogP contribution in [0.4, 0.5) is 0 Å². The van der Waals surface area contributed by atoms with E-state index in [1.165, 1.54) is 45.9 Å². The zero-order chi connectivity index (χ0) is 14.2. The fourth-order valence-corrected chi connectivity index (χ4v) is 3.19. The summed E-state index contributed by atoms with van der Waals surface area (Å²) in [5, 5.41) is 2.62. The zero-order valence-corrected chi connectivity index (χ0v) is 12.3. The van der Waals surface area contributed by atoms with Gasteiger partial charge < -0.3 is 4.98 Å². The number of aromatic nitrogens is 2. The van der Waals surface area contributed by atoms with Gasteiger partial charge in [0.1, 0.15) is 5.52 Å². The molecule has 1 aromatic carbocycles. The van der Waals surface area contributed by atoms with Crippen LogP contribution in [0.5, 0.6) is 0 Å². The van der Waals surface area contributed by atoms with Crippen molar-refractivity contribution in [3.63, 3.8) is 0 Å². The Labute approximate surface area is 124 Å². The van der Waals surface area contributed by atoms with Crippen LogP contribution in [-0.2, 0) is 6.54 Å². The number of nitrogens with one attached hydrogen (secondary N) is 1. The van der Waals surface area contributed by atoms with E-state index in [1.54, 1.807) is 0 Å². The summed E-state index contributed by atoms with van der Waals surface area (Å²) in [7, 11) is 0. The molecule has 0 atom stereocenters. The average molecular weight is 275 g/mol. The molecule has 0 aliphatic heterocycles. The first kappa shape index (κ1) is 12.4. The molecule has 0 saturated heterocycles.